The van der Waals surface area contributed by atoms with Gasteiger partial charge in [0.2, 0.25) is 5.95 Å². The highest BCUT2D eigenvalue weighted by Crippen LogP contribution is 2.43. The van der Waals surface area contributed by atoms with E-state index in [1.807, 2.05) is 36.4 Å². The van der Waals surface area contributed by atoms with Gasteiger partial charge in [-0.25, -0.2) is 5.10 Å². The van der Waals surface area contributed by atoms with Crippen LogP contribution in [0.2, 0.25) is 0 Å². The lowest BCUT2D eigenvalue weighted by Crippen LogP contribution is -2.29. The van der Waals surface area contributed by atoms with Gasteiger partial charge in [-0.3, -0.25) is 4.79 Å². The van der Waals surface area contributed by atoms with Gasteiger partial charge < -0.3 is 19.5 Å². The summed E-state index contributed by atoms with van der Waals surface area (Å²) in [5.41, 5.74) is 2.67. The molecular weight excluding hydrogens is 414 g/mol. The topological polar surface area (TPSA) is 129 Å². The van der Waals surface area contributed by atoms with Crippen molar-refractivity contribution in [2.45, 2.75) is 6.04 Å². The predicted molar refractivity (Wildman–Crippen MR) is 115 cm³/mol. The van der Waals surface area contributed by atoms with E-state index in [0.717, 1.165) is 11.1 Å². The number of H-pyrrole nitrogens is 1. The molecule has 11 heteroatoms. The van der Waals surface area contributed by atoms with Gasteiger partial charge in [-0.05, 0) is 40.3 Å². The van der Waals surface area contributed by atoms with Crippen LogP contribution in [0.15, 0.2) is 47.3 Å². The molecule has 0 amide bonds. The van der Waals surface area contributed by atoms with E-state index in [1.165, 1.54) is 0 Å². The van der Waals surface area contributed by atoms with Crippen LogP contribution >= 0.6 is 0 Å². The third-order valence-electron chi connectivity index (χ3n) is 5.33. The first-order valence-electron chi connectivity index (χ1n) is 9.68. The molecule has 5 rings (SSSR count). The molecule has 4 aromatic rings. The highest BCUT2D eigenvalue weighted by Gasteiger charge is 2.34. The molecule has 3 heterocycles. The van der Waals surface area contributed by atoms with Crippen molar-refractivity contribution in [1.82, 2.24) is 30.4 Å². The number of rotatable bonds is 5. The molecule has 1 unspecified atom stereocenters. The Kier molecular flexibility index (Phi) is 4.70. The van der Waals surface area contributed by atoms with Crippen molar-refractivity contribution >= 4 is 11.6 Å². The fourth-order valence-electron chi connectivity index (χ4n) is 3.86. The van der Waals surface area contributed by atoms with Crippen molar-refractivity contribution < 1.29 is 14.2 Å². The van der Waals surface area contributed by atoms with Gasteiger partial charge in [0.25, 0.3) is 5.56 Å². The largest absolute Gasteiger partial charge is 0.497 e. The van der Waals surface area contributed by atoms with Crippen LogP contribution in [0.4, 0.5) is 11.6 Å². The molecule has 0 aliphatic carbocycles. The number of nitrogens with one attached hydrogen (secondary N) is 2. The molecule has 1 atom stereocenters. The van der Waals surface area contributed by atoms with E-state index in [0.29, 0.717) is 40.1 Å². The quantitative estimate of drug-likeness (QED) is 0.428. The highest BCUT2D eigenvalue weighted by molar-refractivity contribution is 5.76. The molecule has 0 saturated heterocycles. The molecule has 2 aromatic heterocycles. The van der Waals surface area contributed by atoms with Crippen molar-refractivity contribution in [3.63, 3.8) is 0 Å². The molecule has 32 heavy (non-hydrogen) atoms. The number of benzene rings is 2. The number of fused-ring (bicyclic) bond motifs is 2. The summed E-state index contributed by atoms with van der Waals surface area (Å²) in [6.07, 6.45) is 0. The number of aromatic amines is 1. The molecule has 0 fully saturated rings. The SMILES string of the molecule is COc1cccc(-c2n[nH]c(=O)c3c2C(c2ccc(OC)c(OC)c2)n2nnnc2N3)c1. The van der Waals surface area contributed by atoms with Crippen LogP contribution in [-0.2, 0) is 0 Å². The highest BCUT2D eigenvalue weighted by atomic mass is 16.5. The Hall–Kier alpha value is -4.41. The zero-order valence-electron chi connectivity index (χ0n) is 17.5. The lowest BCUT2D eigenvalue weighted by Gasteiger charge is -2.28. The normalized spacial score (nSPS) is 14.2. The molecule has 11 nitrogen and oxygen atoms in total. The Morgan fingerprint density at radius 1 is 1.00 bits per heavy atom. The van der Waals surface area contributed by atoms with Gasteiger partial charge in [0.05, 0.1) is 27.0 Å². The maximum absolute atomic E-state index is 12.8. The number of aromatic nitrogens is 6. The molecule has 2 aromatic carbocycles. The first-order valence-corrected chi connectivity index (χ1v) is 9.68. The number of ether oxygens (including phenoxy) is 3. The summed E-state index contributed by atoms with van der Waals surface area (Å²) in [6, 6.07) is 12.4. The predicted octanol–water partition coefficient (Wildman–Crippen LogP) is 2.14. The Morgan fingerprint density at radius 3 is 2.62 bits per heavy atom. The van der Waals surface area contributed by atoms with Gasteiger partial charge in [0.1, 0.15) is 17.5 Å². The number of hydrogen-bond acceptors (Lipinski definition) is 9. The van der Waals surface area contributed by atoms with E-state index < -0.39 is 6.04 Å². The van der Waals surface area contributed by atoms with E-state index in [-0.39, 0.29) is 5.56 Å². The van der Waals surface area contributed by atoms with E-state index >= 15 is 0 Å². The number of hydrogen-bond donors (Lipinski definition) is 2. The molecule has 2 N–H and O–H groups in total. The van der Waals surface area contributed by atoms with Crippen molar-refractivity contribution in [2.24, 2.45) is 0 Å². The van der Waals surface area contributed by atoms with Crippen molar-refractivity contribution in [2.75, 3.05) is 26.6 Å². The van der Waals surface area contributed by atoms with E-state index in [2.05, 4.69) is 31.0 Å². The second kappa shape index (κ2) is 7.69. The summed E-state index contributed by atoms with van der Waals surface area (Å²) in [6.45, 7) is 0. The fraction of sp³-hybridized carbons (Fsp3) is 0.190. The van der Waals surface area contributed by atoms with Gasteiger partial charge >= 0.3 is 0 Å². The van der Waals surface area contributed by atoms with Gasteiger partial charge in [-0.1, -0.05) is 23.3 Å². The van der Waals surface area contributed by atoms with Crippen molar-refractivity contribution in [1.29, 1.82) is 0 Å². The molecule has 0 spiro atoms. The minimum absolute atomic E-state index is 0.319. The van der Waals surface area contributed by atoms with Crippen LogP contribution in [-0.4, -0.2) is 51.7 Å². The van der Waals surface area contributed by atoms with E-state index in [1.54, 1.807) is 32.1 Å². The summed E-state index contributed by atoms with van der Waals surface area (Å²) in [4.78, 5) is 12.8. The van der Waals surface area contributed by atoms with Crippen LogP contribution in [0.3, 0.4) is 0 Å². The van der Waals surface area contributed by atoms with Crippen LogP contribution in [0.25, 0.3) is 11.3 Å². The zero-order chi connectivity index (χ0) is 22.2. The number of methoxy groups -OCH3 is 3. The minimum atomic E-state index is -0.549. The Balaban J connectivity index is 1.79. The van der Waals surface area contributed by atoms with Crippen LogP contribution in [0.1, 0.15) is 17.2 Å². The van der Waals surface area contributed by atoms with Gasteiger partial charge in [-0.2, -0.15) is 9.78 Å². The Labute approximate surface area is 181 Å². The first kappa shape index (κ1) is 19.5. The van der Waals surface area contributed by atoms with Gasteiger partial charge in [0.15, 0.2) is 11.5 Å². The molecule has 0 bridgehead atoms. The minimum Gasteiger partial charge on any atom is -0.497 e. The lowest BCUT2D eigenvalue weighted by molar-refractivity contribution is 0.354. The van der Waals surface area contributed by atoms with Gasteiger partial charge in [0, 0.05) is 11.1 Å². The summed E-state index contributed by atoms with van der Waals surface area (Å²) in [7, 11) is 4.73. The van der Waals surface area contributed by atoms with E-state index in [9.17, 15) is 4.79 Å². The monoisotopic (exact) mass is 433 g/mol. The lowest BCUT2D eigenvalue weighted by atomic mass is 9.92. The van der Waals surface area contributed by atoms with Crippen LogP contribution in [0.5, 0.6) is 17.2 Å². The summed E-state index contributed by atoms with van der Waals surface area (Å²) < 4.78 is 17.8. The molecule has 0 saturated carbocycles. The number of anilines is 2. The van der Waals surface area contributed by atoms with Crippen LogP contribution < -0.4 is 25.1 Å². The average molecular weight is 433 g/mol. The molecule has 1 aliphatic rings. The third-order valence-corrected chi connectivity index (χ3v) is 5.33. The third kappa shape index (κ3) is 3.02. The smallest absolute Gasteiger partial charge is 0.288 e. The Bertz CT molecular complexity index is 1360. The first-order chi connectivity index (χ1) is 15.6. The molecule has 162 valence electrons. The van der Waals surface area contributed by atoms with Crippen LogP contribution in [0, 0.1) is 0 Å². The summed E-state index contributed by atoms with van der Waals surface area (Å²) in [5, 5.41) is 22.0. The average Bonchev–Trinajstić information content (AvgIpc) is 3.31. The molecule has 1 aliphatic heterocycles. The summed E-state index contributed by atoms with van der Waals surface area (Å²) in [5.74, 6) is 2.13. The molecule has 0 radical (unpaired) electrons. The Morgan fingerprint density at radius 2 is 1.84 bits per heavy atom. The maximum atomic E-state index is 12.8. The van der Waals surface area contributed by atoms with Crippen molar-refractivity contribution in [3.05, 3.63) is 63.9 Å². The molecular formula is C21H19N7O4. The van der Waals surface area contributed by atoms with E-state index in [4.69, 9.17) is 14.2 Å². The fourth-order valence-corrected chi connectivity index (χ4v) is 3.86. The number of tetrazole rings is 1. The number of nitrogens with zero attached hydrogens (tertiary/aromatic N) is 5. The second-order valence-electron chi connectivity index (χ2n) is 7.01. The second-order valence-corrected chi connectivity index (χ2v) is 7.01. The van der Waals surface area contributed by atoms with Crippen molar-refractivity contribution in [3.8, 4) is 28.5 Å². The summed E-state index contributed by atoms with van der Waals surface area (Å²) >= 11 is 0. The standard InChI is InChI=1S/C21H19N7O4/c1-30-13-6-4-5-11(9-13)17-16-18(20(29)24-23-17)22-21-25-26-27-28(21)19(16)12-7-8-14(31-2)15(10-12)32-3/h4-10,19H,1-3H3,(H,24,29)(H,22,25,27). The van der Waals surface area contributed by atoms with Gasteiger partial charge in [-0.15, -0.1) is 0 Å². The zero-order valence-corrected chi connectivity index (χ0v) is 17.5. The maximum Gasteiger partial charge on any atom is 0.288 e.